The van der Waals surface area contributed by atoms with Crippen LogP contribution in [0.3, 0.4) is 0 Å². The molecule has 2 aromatic carbocycles. The van der Waals surface area contributed by atoms with Crippen molar-refractivity contribution in [3.05, 3.63) is 65.9 Å². The molecule has 1 amide bonds. The third-order valence-electron chi connectivity index (χ3n) is 5.63. The van der Waals surface area contributed by atoms with Crippen LogP contribution in [0.4, 0.5) is 15.8 Å². The van der Waals surface area contributed by atoms with Crippen LogP contribution in [0.15, 0.2) is 54.7 Å². The average molecular weight is 391 g/mol. The zero-order valence-corrected chi connectivity index (χ0v) is 16.5. The number of nitrogens with one attached hydrogen (secondary N) is 2. The summed E-state index contributed by atoms with van der Waals surface area (Å²) in [5.41, 5.74) is 3.57. The number of hydrogen-bond acceptors (Lipinski definition) is 3. The van der Waals surface area contributed by atoms with Crippen molar-refractivity contribution in [2.24, 2.45) is 5.92 Å². The summed E-state index contributed by atoms with van der Waals surface area (Å²) in [5, 5.41) is 7.24. The van der Waals surface area contributed by atoms with Gasteiger partial charge >= 0.3 is 0 Å². The molecule has 1 heterocycles. The van der Waals surface area contributed by atoms with Crippen molar-refractivity contribution in [2.75, 3.05) is 17.2 Å². The Labute approximate surface area is 170 Å². The molecule has 3 aromatic rings. The van der Waals surface area contributed by atoms with Crippen LogP contribution in [0.2, 0.25) is 0 Å². The number of rotatable bonds is 6. The van der Waals surface area contributed by atoms with Crippen molar-refractivity contribution in [3.63, 3.8) is 0 Å². The van der Waals surface area contributed by atoms with Gasteiger partial charge in [0.15, 0.2) is 0 Å². The number of alkyl halides is 1. The highest BCUT2D eigenvalue weighted by molar-refractivity contribution is 6.05. The predicted octanol–water partition coefficient (Wildman–Crippen LogP) is 5.95. The van der Waals surface area contributed by atoms with E-state index >= 15 is 0 Å². The van der Waals surface area contributed by atoms with Gasteiger partial charge in [0, 0.05) is 23.2 Å². The van der Waals surface area contributed by atoms with Crippen LogP contribution in [0.1, 0.15) is 48.0 Å². The monoisotopic (exact) mass is 391 g/mol. The number of aromatic nitrogens is 1. The van der Waals surface area contributed by atoms with Crippen molar-refractivity contribution in [1.29, 1.82) is 0 Å². The fourth-order valence-corrected chi connectivity index (χ4v) is 3.91. The SMILES string of the molecule is O=C(Nc1cnc2cc(CF)ccc2c1)c1ccc(NCC2CCCCC2)cc1. The Morgan fingerprint density at radius 1 is 1.00 bits per heavy atom. The summed E-state index contributed by atoms with van der Waals surface area (Å²) in [4.78, 5) is 16.9. The van der Waals surface area contributed by atoms with Crippen LogP contribution >= 0.6 is 0 Å². The summed E-state index contributed by atoms with van der Waals surface area (Å²) in [6.07, 6.45) is 8.26. The van der Waals surface area contributed by atoms with E-state index in [9.17, 15) is 9.18 Å². The molecule has 4 nitrogen and oxygen atoms in total. The maximum Gasteiger partial charge on any atom is 0.255 e. The lowest BCUT2D eigenvalue weighted by Crippen LogP contribution is -2.17. The van der Waals surface area contributed by atoms with Gasteiger partial charge in [0.1, 0.15) is 6.67 Å². The molecule has 0 aliphatic heterocycles. The molecule has 0 saturated heterocycles. The normalized spacial score (nSPS) is 14.7. The maximum absolute atomic E-state index is 12.8. The van der Waals surface area contributed by atoms with Crippen LogP contribution in [0.25, 0.3) is 10.9 Å². The van der Waals surface area contributed by atoms with E-state index in [-0.39, 0.29) is 5.91 Å². The van der Waals surface area contributed by atoms with Gasteiger partial charge in [0.05, 0.1) is 17.4 Å². The molecule has 1 aromatic heterocycles. The van der Waals surface area contributed by atoms with Crippen LogP contribution < -0.4 is 10.6 Å². The minimum Gasteiger partial charge on any atom is -0.385 e. The lowest BCUT2D eigenvalue weighted by molar-refractivity contribution is 0.102. The van der Waals surface area contributed by atoms with Crippen LogP contribution in [0.5, 0.6) is 0 Å². The van der Waals surface area contributed by atoms with Gasteiger partial charge in [-0.25, -0.2) is 4.39 Å². The van der Waals surface area contributed by atoms with Gasteiger partial charge < -0.3 is 10.6 Å². The van der Waals surface area contributed by atoms with Gasteiger partial charge in [-0.1, -0.05) is 31.4 Å². The summed E-state index contributed by atoms with van der Waals surface area (Å²) >= 11 is 0. The quantitative estimate of drug-likeness (QED) is 0.546. The molecular weight excluding hydrogens is 365 g/mol. The van der Waals surface area contributed by atoms with Crippen molar-refractivity contribution >= 4 is 28.2 Å². The first kappa shape index (κ1) is 19.4. The first-order valence-corrected chi connectivity index (χ1v) is 10.3. The Morgan fingerprint density at radius 2 is 1.79 bits per heavy atom. The molecule has 150 valence electrons. The zero-order chi connectivity index (χ0) is 20.1. The lowest BCUT2D eigenvalue weighted by Gasteiger charge is -2.22. The van der Waals surface area contributed by atoms with Crippen LogP contribution in [-0.2, 0) is 6.67 Å². The fraction of sp³-hybridized carbons (Fsp3) is 0.333. The Balaban J connectivity index is 1.37. The number of anilines is 2. The first-order valence-electron chi connectivity index (χ1n) is 10.3. The third-order valence-corrected chi connectivity index (χ3v) is 5.63. The number of nitrogens with zero attached hydrogens (tertiary/aromatic N) is 1. The first-order chi connectivity index (χ1) is 14.2. The minimum atomic E-state index is -0.512. The number of amides is 1. The maximum atomic E-state index is 12.8. The van der Waals surface area contributed by atoms with E-state index in [1.807, 2.05) is 36.4 Å². The topological polar surface area (TPSA) is 54.0 Å². The summed E-state index contributed by atoms with van der Waals surface area (Å²) < 4.78 is 12.8. The molecule has 4 rings (SSSR count). The summed E-state index contributed by atoms with van der Waals surface area (Å²) in [6, 6.07) is 14.7. The number of benzene rings is 2. The molecule has 0 atom stereocenters. The molecule has 1 aliphatic rings. The van der Waals surface area contributed by atoms with Gasteiger partial charge in [-0.3, -0.25) is 9.78 Å². The summed E-state index contributed by atoms with van der Waals surface area (Å²) in [5.74, 6) is 0.582. The van der Waals surface area contributed by atoms with Gasteiger partial charge in [0.2, 0.25) is 0 Å². The second-order valence-corrected chi connectivity index (χ2v) is 7.80. The van der Waals surface area contributed by atoms with E-state index in [1.54, 1.807) is 18.3 Å². The highest BCUT2D eigenvalue weighted by Gasteiger charge is 2.13. The number of halogens is 1. The molecule has 5 heteroatoms. The molecule has 0 spiro atoms. The van der Waals surface area contributed by atoms with Gasteiger partial charge in [-0.2, -0.15) is 0 Å². The van der Waals surface area contributed by atoms with Gasteiger partial charge in [0.25, 0.3) is 5.91 Å². The molecule has 1 saturated carbocycles. The number of fused-ring (bicyclic) bond motifs is 1. The standard InChI is InChI=1S/C24H26FN3O/c25-14-18-6-7-20-13-22(16-27-23(20)12-18)28-24(29)19-8-10-21(11-9-19)26-15-17-4-2-1-3-5-17/h6-13,16-17,26H,1-5,14-15H2,(H,28,29). The minimum absolute atomic E-state index is 0.176. The van der Waals surface area contributed by atoms with Crippen molar-refractivity contribution in [3.8, 4) is 0 Å². The predicted molar refractivity (Wildman–Crippen MR) is 116 cm³/mol. The molecule has 0 radical (unpaired) electrons. The Kier molecular flexibility index (Phi) is 6.03. The molecule has 0 unspecified atom stereocenters. The number of pyridine rings is 1. The van der Waals surface area contributed by atoms with Gasteiger partial charge in [-0.05, 0) is 60.7 Å². The third kappa shape index (κ3) is 4.91. The number of carbonyl (C=O) groups excluding carboxylic acids is 1. The number of carbonyl (C=O) groups is 1. The molecule has 29 heavy (non-hydrogen) atoms. The fourth-order valence-electron chi connectivity index (χ4n) is 3.91. The number of hydrogen-bond donors (Lipinski definition) is 2. The van der Waals surface area contributed by atoms with E-state index < -0.39 is 6.67 Å². The second kappa shape index (κ2) is 9.03. The smallest absolute Gasteiger partial charge is 0.255 e. The Hall–Kier alpha value is -2.95. The van der Waals surface area contributed by atoms with Gasteiger partial charge in [-0.15, -0.1) is 0 Å². The van der Waals surface area contributed by atoms with Crippen molar-refractivity contribution in [2.45, 2.75) is 38.8 Å². The lowest BCUT2D eigenvalue weighted by atomic mass is 9.89. The molecule has 1 fully saturated rings. The highest BCUT2D eigenvalue weighted by atomic mass is 19.1. The van der Waals surface area contributed by atoms with Crippen molar-refractivity contribution < 1.29 is 9.18 Å². The van der Waals surface area contributed by atoms with E-state index in [1.165, 1.54) is 32.1 Å². The van der Waals surface area contributed by atoms with E-state index in [0.29, 0.717) is 22.3 Å². The van der Waals surface area contributed by atoms with E-state index in [0.717, 1.165) is 23.5 Å². The molecule has 1 aliphatic carbocycles. The highest BCUT2D eigenvalue weighted by Crippen LogP contribution is 2.24. The molecule has 0 bridgehead atoms. The Bertz CT molecular complexity index is 981. The summed E-state index contributed by atoms with van der Waals surface area (Å²) in [6.45, 7) is 0.486. The molecule has 2 N–H and O–H groups in total. The zero-order valence-electron chi connectivity index (χ0n) is 16.5. The second-order valence-electron chi connectivity index (χ2n) is 7.80. The average Bonchev–Trinajstić information content (AvgIpc) is 2.78. The molecular formula is C24H26FN3O. The van der Waals surface area contributed by atoms with E-state index in [2.05, 4.69) is 15.6 Å². The summed E-state index contributed by atoms with van der Waals surface area (Å²) in [7, 11) is 0. The van der Waals surface area contributed by atoms with E-state index in [4.69, 9.17) is 0 Å². The Morgan fingerprint density at radius 3 is 2.55 bits per heavy atom. The van der Waals surface area contributed by atoms with Crippen LogP contribution in [-0.4, -0.2) is 17.4 Å². The van der Waals surface area contributed by atoms with Crippen molar-refractivity contribution in [1.82, 2.24) is 4.98 Å². The van der Waals surface area contributed by atoms with Crippen LogP contribution in [0, 0.1) is 5.92 Å². The largest absolute Gasteiger partial charge is 0.385 e.